The second-order valence-corrected chi connectivity index (χ2v) is 4.54. The van der Waals surface area contributed by atoms with Crippen LogP contribution in [0.15, 0.2) is 46.9 Å². The van der Waals surface area contributed by atoms with E-state index in [1.165, 1.54) is 0 Å². The Labute approximate surface area is 109 Å². The molecular weight excluding hydrogens is 276 g/mol. The Balaban J connectivity index is 2.44. The van der Waals surface area contributed by atoms with Gasteiger partial charge in [-0.25, -0.2) is 0 Å². The summed E-state index contributed by atoms with van der Waals surface area (Å²) < 4.78 is 0.899. The average Bonchev–Trinajstić information content (AvgIpc) is 2.35. The summed E-state index contributed by atoms with van der Waals surface area (Å²) in [4.78, 5) is 0. The van der Waals surface area contributed by atoms with E-state index in [2.05, 4.69) is 27.8 Å². The monoisotopic (exact) mass is 286 g/mol. The topological polar surface area (TPSA) is 20.2 Å². The highest BCUT2D eigenvalue weighted by molar-refractivity contribution is 9.10. The molecule has 0 spiro atoms. The van der Waals surface area contributed by atoms with Crippen molar-refractivity contribution in [3.05, 3.63) is 63.6 Å². The van der Waals surface area contributed by atoms with E-state index >= 15 is 0 Å². The molecule has 0 atom stereocenters. The Hall–Kier alpha value is -1.72. The lowest BCUT2D eigenvalue weighted by atomic mass is 10.1. The fourth-order valence-electron chi connectivity index (χ4n) is 1.48. The number of hydrogen-bond donors (Lipinski definition) is 1. The molecule has 0 saturated carbocycles. The normalized spacial score (nSPS) is 9.53. The van der Waals surface area contributed by atoms with Crippen LogP contribution in [0.1, 0.15) is 16.7 Å². The molecule has 0 fully saturated rings. The maximum atomic E-state index is 9.63. The highest BCUT2D eigenvalue weighted by Crippen LogP contribution is 2.26. The lowest BCUT2D eigenvalue weighted by molar-refractivity contribution is 0.471. The first-order chi connectivity index (χ1) is 8.18. The summed E-state index contributed by atoms with van der Waals surface area (Å²) in [6, 6.07) is 13.2. The Kier molecular flexibility index (Phi) is 3.51. The molecule has 0 aliphatic rings. The van der Waals surface area contributed by atoms with E-state index < -0.39 is 0 Å². The molecule has 0 aromatic heterocycles. The fraction of sp³-hybridized carbons (Fsp3) is 0.0667. The van der Waals surface area contributed by atoms with E-state index in [4.69, 9.17) is 0 Å². The maximum absolute atomic E-state index is 9.63. The third-order valence-corrected chi connectivity index (χ3v) is 3.15. The molecule has 2 heteroatoms. The van der Waals surface area contributed by atoms with Gasteiger partial charge < -0.3 is 5.11 Å². The molecule has 0 bridgehead atoms. The molecule has 0 radical (unpaired) electrons. The van der Waals surface area contributed by atoms with Crippen molar-refractivity contribution < 1.29 is 5.11 Å². The van der Waals surface area contributed by atoms with Crippen LogP contribution in [0.5, 0.6) is 5.75 Å². The molecular formula is C15H11BrO. The predicted octanol–water partition coefficient (Wildman–Crippen LogP) is 3.86. The molecule has 0 unspecified atom stereocenters. The lowest BCUT2D eigenvalue weighted by Crippen LogP contribution is -1.85. The summed E-state index contributed by atoms with van der Waals surface area (Å²) in [6.45, 7) is 1.86. The number of rotatable bonds is 0. The van der Waals surface area contributed by atoms with Crippen molar-refractivity contribution in [2.24, 2.45) is 0 Å². The van der Waals surface area contributed by atoms with Gasteiger partial charge in [0.15, 0.2) is 0 Å². The molecule has 84 valence electrons. The number of benzene rings is 2. The van der Waals surface area contributed by atoms with Gasteiger partial charge in [-0.05, 0) is 47.1 Å². The van der Waals surface area contributed by atoms with Crippen LogP contribution in [0.4, 0.5) is 0 Å². The SMILES string of the molecule is Cc1c(O)ccc(Br)c1C#Cc1ccccc1. The van der Waals surface area contributed by atoms with Crippen molar-refractivity contribution in [2.45, 2.75) is 6.92 Å². The summed E-state index contributed by atoms with van der Waals surface area (Å²) >= 11 is 3.44. The van der Waals surface area contributed by atoms with Gasteiger partial charge in [-0.1, -0.05) is 30.0 Å². The quantitative estimate of drug-likeness (QED) is 0.729. The number of phenols is 1. The molecule has 0 amide bonds. The number of phenolic OH excluding ortho intramolecular Hbond substituents is 1. The van der Waals surface area contributed by atoms with E-state index in [1.807, 2.05) is 37.3 Å². The summed E-state index contributed by atoms with van der Waals surface area (Å²) in [5.74, 6) is 6.43. The summed E-state index contributed by atoms with van der Waals surface area (Å²) in [5, 5.41) is 9.63. The minimum atomic E-state index is 0.269. The third-order valence-electron chi connectivity index (χ3n) is 2.49. The molecule has 1 nitrogen and oxygen atoms in total. The van der Waals surface area contributed by atoms with Gasteiger partial charge in [0.05, 0.1) is 0 Å². The van der Waals surface area contributed by atoms with Gasteiger partial charge in [0.25, 0.3) is 0 Å². The van der Waals surface area contributed by atoms with E-state index in [-0.39, 0.29) is 5.75 Å². The van der Waals surface area contributed by atoms with Gasteiger partial charge >= 0.3 is 0 Å². The first kappa shape index (κ1) is 11.8. The zero-order valence-electron chi connectivity index (χ0n) is 9.37. The summed E-state index contributed by atoms with van der Waals surface area (Å²) in [5.41, 5.74) is 2.58. The summed E-state index contributed by atoms with van der Waals surface area (Å²) in [6.07, 6.45) is 0. The van der Waals surface area contributed by atoms with Crippen LogP contribution in [-0.2, 0) is 0 Å². The first-order valence-corrected chi connectivity index (χ1v) is 6.03. The van der Waals surface area contributed by atoms with Crippen LogP contribution in [0.2, 0.25) is 0 Å². The van der Waals surface area contributed by atoms with Gasteiger partial charge in [-0.2, -0.15) is 0 Å². The minimum Gasteiger partial charge on any atom is -0.508 e. The van der Waals surface area contributed by atoms with Crippen LogP contribution in [0.3, 0.4) is 0 Å². The molecule has 2 aromatic rings. The summed E-state index contributed by atoms with van der Waals surface area (Å²) in [7, 11) is 0. The Morgan fingerprint density at radius 1 is 1.00 bits per heavy atom. The third kappa shape index (κ3) is 2.69. The van der Waals surface area contributed by atoms with Crippen molar-refractivity contribution in [1.82, 2.24) is 0 Å². The standard InChI is InChI=1S/C15H11BrO/c1-11-13(14(16)9-10-15(11)17)8-7-12-5-3-2-4-6-12/h2-6,9-10,17H,1H3. The van der Waals surface area contributed by atoms with E-state index in [0.29, 0.717) is 0 Å². The van der Waals surface area contributed by atoms with Gasteiger partial charge in [-0.15, -0.1) is 0 Å². The first-order valence-electron chi connectivity index (χ1n) is 5.23. The van der Waals surface area contributed by atoms with Crippen LogP contribution in [0, 0.1) is 18.8 Å². The van der Waals surface area contributed by atoms with Crippen LogP contribution < -0.4 is 0 Å². The number of hydrogen-bond acceptors (Lipinski definition) is 1. The Morgan fingerprint density at radius 3 is 2.41 bits per heavy atom. The van der Waals surface area contributed by atoms with Crippen molar-refractivity contribution in [1.29, 1.82) is 0 Å². The van der Waals surface area contributed by atoms with E-state index in [0.717, 1.165) is 21.2 Å². The van der Waals surface area contributed by atoms with Crippen molar-refractivity contribution in [3.63, 3.8) is 0 Å². The zero-order valence-corrected chi connectivity index (χ0v) is 11.0. The molecule has 0 aliphatic heterocycles. The smallest absolute Gasteiger partial charge is 0.119 e. The van der Waals surface area contributed by atoms with Crippen LogP contribution >= 0.6 is 15.9 Å². The van der Waals surface area contributed by atoms with Crippen molar-refractivity contribution >= 4 is 15.9 Å². The van der Waals surface area contributed by atoms with Gasteiger partial charge in [-0.3, -0.25) is 0 Å². The lowest BCUT2D eigenvalue weighted by Gasteiger charge is -2.03. The molecule has 2 aromatic carbocycles. The Bertz CT molecular complexity index is 592. The van der Waals surface area contributed by atoms with Crippen LogP contribution in [-0.4, -0.2) is 5.11 Å². The minimum absolute atomic E-state index is 0.269. The molecule has 17 heavy (non-hydrogen) atoms. The van der Waals surface area contributed by atoms with Crippen molar-refractivity contribution in [2.75, 3.05) is 0 Å². The van der Waals surface area contributed by atoms with Crippen LogP contribution in [0.25, 0.3) is 0 Å². The van der Waals surface area contributed by atoms with E-state index in [9.17, 15) is 5.11 Å². The fourth-order valence-corrected chi connectivity index (χ4v) is 2.01. The van der Waals surface area contributed by atoms with E-state index in [1.54, 1.807) is 12.1 Å². The largest absolute Gasteiger partial charge is 0.508 e. The average molecular weight is 287 g/mol. The van der Waals surface area contributed by atoms with Gasteiger partial charge in [0.1, 0.15) is 5.75 Å². The second kappa shape index (κ2) is 5.07. The molecule has 1 N–H and O–H groups in total. The highest BCUT2D eigenvalue weighted by Gasteiger charge is 2.04. The highest BCUT2D eigenvalue weighted by atomic mass is 79.9. The molecule has 0 saturated heterocycles. The van der Waals surface area contributed by atoms with Crippen molar-refractivity contribution in [3.8, 4) is 17.6 Å². The number of halogens is 1. The maximum Gasteiger partial charge on any atom is 0.119 e. The molecule has 0 heterocycles. The van der Waals surface area contributed by atoms with Gasteiger partial charge in [0, 0.05) is 21.2 Å². The zero-order chi connectivity index (χ0) is 12.3. The molecule has 2 rings (SSSR count). The Morgan fingerprint density at radius 2 is 1.71 bits per heavy atom. The predicted molar refractivity (Wildman–Crippen MR) is 73.0 cm³/mol. The van der Waals surface area contributed by atoms with Gasteiger partial charge in [0.2, 0.25) is 0 Å². The second-order valence-electron chi connectivity index (χ2n) is 3.68. The molecule has 0 aliphatic carbocycles. The number of aromatic hydroxyl groups is 1.